The topological polar surface area (TPSA) is 120 Å². The predicted molar refractivity (Wildman–Crippen MR) is 82.7 cm³/mol. The maximum Gasteiger partial charge on any atom is 0.277 e. The molecule has 0 aliphatic carbocycles. The number of nitro groups is 1. The van der Waals surface area contributed by atoms with Crippen LogP contribution in [0.4, 0.5) is 11.4 Å². The van der Waals surface area contributed by atoms with Gasteiger partial charge in [-0.2, -0.15) is 0 Å². The molecule has 0 fully saturated rings. The second kappa shape index (κ2) is 7.58. The normalized spacial score (nSPS) is 10.3. The van der Waals surface area contributed by atoms with Gasteiger partial charge in [0.05, 0.1) is 29.5 Å². The molecule has 0 radical (unpaired) electrons. The van der Waals surface area contributed by atoms with E-state index in [4.69, 9.17) is 9.15 Å². The lowest BCUT2D eigenvalue weighted by molar-refractivity contribution is -0.384. The third-order valence-electron chi connectivity index (χ3n) is 2.75. The molecular weight excluding hydrogens is 324 g/mol. The van der Waals surface area contributed by atoms with Crippen LogP contribution in [0.3, 0.4) is 0 Å². The van der Waals surface area contributed by atoms with E-state index in [1.165, 1.54) is 25.3 Å². The summed E-state index contributed by atoms with van der Waals surface area (Å²) in [4.78, 5) is 22.1. The zero-order valence-corrected chi connectivity index (χ0v) is 13.3. The molecule has 0 saturated heterocycles. The van der Waals surface area contributed by atoms with Crippen LogP contribution in [-0.2, 0) is 11.2 Å². The number of benzene rings is 1. The lowest BCUT2D eigenvalue weighted by Crippen LogP contribution is -2.14. The van der Waals surface area contributed by atoms with E-state index in [2.05, 4.69) is 15.5 Å². The van der Waals surface area contributed by atoms with Crippen molar-refractivity contribution < 1.29 is 18.9 Å². The number of thioether (sulfide) groups is 1. The lowest BCUT2D eigenvalue weighted by Gasteiger charge is -2.09. The first-order valence-electron chi connectivity index (χ1n) is 6.61. The van der Waals surface area contributed by atoms with Gasteiger partial charge in [0, 0.05) is 12.5 Å². The number of amides is 1. The van der Waals surface area contributed by atoms with Crippen molar-refractivity contribution in [2.24, 2.45) is 0 Å². The fraction of sp³-hybridized carbons (Fsp3) is 0.308. The molecule has 0 saturated carbocycles. The standard InChI is InChI=1S/C13H14N4O5S/c1-3-12-15-16-13(22-12)23-7-11(18)14-9-5-4-8(17(19)20)6-10(9)21-2/h4-6H,3,7H2,1-2H3,(H,14,18). The molecule has 0 spiro atoms. The third-order valence-corrected chi connectivity index (χ3v) is 3.57. The molecular formula is C13H14N4O5S. The summed E-state index contributed by atoms with van der Waals surface area (Å²) >= 11 is 1.10. The van der Waals surface area contributed by atoms with Crippen LogP contribution in [-0.4, -0.2) is 33.9 Å². The summed E-state index contributed by atoms with van der Waals surface area (Å²) in [5, 5.41) is 21.3. The number of nitro benzene ring substituents is 1. The van der Waals surface area contributed by atoms with Gasteiger partial charge in [0.1, 0.15) is 5.75 Å². The Morgan fingerprint density at radius 2 is 2.26 bits per heavy atom. The molecule has 1 aromatic heterocycles. The molecule has 0 aliphatic heterocycles. The highest BCUT2D eigenvalue weighted by atomic mass is 32.2. The second-order valence-electron chi connectivity index (χ2n) is 4.29. The fourth-order valence-electron chi connectivity index (χ4n) is 1.65. The van der Waals surface area contributed by atoms with Crippen molar-refractivity contribution in [1.82, 2.24) is 10.2 Å². The number of non-ortho nitro benzene ring substituents is 1. The SMILES string of the molecule is CCc1nnc(SCC(=O)Nc2ccc([N+](=O)[O-])cc2OC)o1. The van der Waals surface area contributed by atoms with Crippen LogP contribution >= 0.6 is 11.8 Å². The molecule has 0 aliphatic rings. The van der Waals surface area contributed by atoms with Gasteiger partial charge in [0.25, 0.3) is 10.9 Å². The molecule has 2 aromatic rings. The molecule has 1 aromatic carbocycles. The van der Waals surface area contributed by atoms with Crippen molar-refractivity contribution in [1.29, 1.82) is 0 Å². The van der Waals surface area contributed by atoms with Crippen LogP contribution in [0.1, 0.15) is 12.8 Å². The Morgan fingerprint density at radius 1 is 1.48 bits per heavy atom. The Kier molecular flexibility index (Phi) is 5.52. The maximum atomic E-state index is 11.9. The van der Waals surface area contributed by atoms with Gasteiger partial charge in [-0.25, -0.2) is 0 Å². The van der Waals surface area contributed by atoms with Gasteiger partial charge in [-0.1, -0.05) is 18.7 Å². The summed E-state index contributed by atoms with van der Waals surface area (Å²) in [6, 6.07) is 3.95. The van der Waals surface area contributed by atoms with E-state index in [9.17, 15) is 14.9 Å². The average molecular weight is 338 g/mol. The van der Waals surface area contributed by atoms with Gasteiger partial charge in [-0.05, 0) is 6.07 Å². The lowest BCUT2D eigenvalue weighted by atomic mass is 10.2. The molecule has 23 heavy (non-hydrogen) atoms. The monoisotopic (exact) mass is 338 g/mol. The average Bonchev–Trinajstić information content (AvgIpc) is 3.01. The number of methoxy groups -OCH3 is 1. The summed E-state index contributed by atoms with van der Waals surface area (Å²) in [7, 11) is 1.37. The number of ether oxygens (including phenoxy) is 1. The van der Waals surface area contributed by atoms with Crippen LogP contribution < -0.4 is 10.1 Å². The molecule has 9 nitrogen and oxygen atoms in total. The van der Waals surface area contributed by atoms with E-state index in [0.29, 0.717) is 23.2 Å². The minimum Gasteiger partial charge on any atom is -0.494 e. The Labute approximate surface area is 135 Å². The van der Waals surface area contributed by atoms with E-state index >= 15 is 0 Å². The molecule has 1 N–H and O–H groups in total. The van der Waals surface area contributed by atoms with Crippen LogP contribution in [0, 0.1) is 10.1 Å². The Balaban J connectivity index is 1.98. The highest BCUT2D eigenvalue weighted by Gasteiger charge is 2.14. The number of nitrogens with zero attached hydrogens (tertiary/aromatic N) is 3. The fourth-order valence-corrected chi connectivity index (χ4v) is 2.23. The molecule has 0 atom stereocenters. The number of carbonyl (C=O) groups is 1. The van der Waals surface area contributed by atoms with Crippen LogP contribution in [0.5, 0.6) is 5.75 Å². The second-order valence-corrected chi connectivity index (χ2v) is 5.22. The van der Waals surface area contributed by atoms with Gasteiger partial charge < -0.3 is 14.5 Å². The summed E-state index contributed by atoms with van der Waals surface area (Å²) in [5.41, 5.74) is 0.232. The van der Waals surface area contributed by atoms with Crippen molar-refractivity contribution in [2.75, 3.05) is 18.2 Å². The van der Waals surface area contributed by atoms with Crippen molar-refractivity contribution in [2.45, 2.75) is 18.6 Å². The Morgan fingerprint density at radius 3 is 2.87 bits per heavy atom. The molecule has 1 amide bonds. The molecule has 122 valence electrons. The van der Waals surface area contributed by atoms with E-state index in [-0.39, 0.29) is 23.1 Å². The first-order valence-corrected chi connectivity index (χ1v) is 7.59. The van der Waals surface area contributed by atoms with E-state index in [1.54, 1.807) is 0 Å². The number of aromatic nitrogens is 2. The minimum absolute atomic E-state index is 0.0610. The summed E-state index contributed by atoms with van der Waals surface area (Å²) in [6.45, 7) is 1.88. The summed E-state index contributed by atoms with van der Waals surface area (Å²) < 4.78 is 10.3. The predicted octanol–water partition coefficient (Wildman–Crippen LogP) is 2.28. The zero-order valence-electron chi connectivity index (χ0n) is 12.4. The van der Waals surface area contributed by atoms with Crippen LogP contribution in [0.15, 0.2) is 27.8 Å². The number of hydrogen-bond acceptors (Lipinski definition) is 8. The van der Waals surface area contributed by atoms with Gasteiger partial charge in [0.15, 0.2) is 0 Å². The van der Waals surface area contributed by atoms with E-state index < -0.39 is 4.92 Å². The third kappa shape index (κ3) is 4.42. The zero-order chi connectivity index (χ0) is 16.8. The number of hydrogen-bond donors (Lipinski definition) is 1. The molecule has 2 rings (SSSR count). The Hall–Kier alpha value is -2.62. The number of nitrogens with one attached hydrogen (secondary N) is 1. The highest BCUT2D eigenvalue weighted by molar-refractivity contribution is 7.99. The van der Waals surface area contributed by atoms with Gasteiger partial charge in [0.2, 0.25) is 11.8 Å². The van der Waals surface area contributed by atoms with Gasteiger partial charge >= 0.3 is 0 Å². The summed E-state index contributed by atoms with van der Waals surface area (Å²) in [6.07, 6.45) is 0.625. The van der Waals surface area contributed by atoms with Crippen LogP contribution in [0.2, 0.25) is 0 Å². The number of anilines is 1. The molecule has 1 heterocycles. The van der Waals surface area contributed by atoms with Crippen molar-refractivity contribution in [3.63, 3.8) is 0 Å². The smallest absolute Gasteiger partial charge is 0.277 e. The van der Waals surface area contributed by atoms with Gasteiger partial charge in [-0.15, -0.1) is 10.2 Å². The van der Waals surface area contributed by atoms with Crippen molar-refractivity contribution in [3.8, 4) is 5.75 Å². The molecule has 0 bridgehead atoms. The maximum absolute atomic E-state index is 11.9. The van der Waals surface area contributed by atoms with Gasteiger partial charge in [-0.3, -0.25) is 14.9 Å². The first-order chi connectivity index (χ1) is 11.0. The summed E-state index contributed by atoms with van der Waals surface area (Å²) in [5.74, 6) is 0.456. The Bertz CT molecular complexity index is 718. The molecule has 10 heteroatoms. The quantitative estimate of drug-likeness (QED) is 0.464. The molecule has 0 unspecified atom stereocenters. The van der Waals surface area contributed by atoms with E-state index in [0.717, 1.165) is 11.8 Å². The number of aryl methyl sites for hydroxylation is 1. The minimum atomic E-state index is -0.537. The largest absolute Gasteiger partial charge is 0.494 e. The number of rotatable bonds is 7. The van der Waals surface area contributed by atoms with Crippen molar-refractivity contribution >= 4 is 29.0 Å². The number of carbonyl (C=O) groups excluding carboxylic acids is 1. The highest BCUT2D eigenvalue weighted by Crippen LogP contribution is 2.29. The first kappa shape index (κ1) is 16.7. The van der Waals surface area contributed by atoms with E-state index in [1.807, 2.05) is 6.92 Å². The van der Waals surface area contributed by atoms with Crippen molar-refractivity contribution in [3.05, 3.63) is 34.2 Å². The van der Waals surface area contributed by atoms with Crippen LogP contribution in [0.25, 0.3) is 0 Å².